The van der Waals surface area contributed by atoms with Crippen molar-refractivity contribution in [1.82, 2.24) is 0 Å². The van der Waals surface area contributed by atoms with Gasteiger partial charge in [-0.05, 0) is 83.2 Å². The highest BCUT2D eigenvalue weighted by Gasteiger charge is 2.26. The van der Waals surface area contributed by atoms with Crippen molar-refractivity contribution in [2.75, 3.05) is 0 Å². The number of phenols is 2. The summed E-state index contributed by atoms with van der Waals surface area (Å²) in [6.07, 6.45) is 6.07. The fraction of sp³-hybridized carbons (Fsp3) is 0.167. The van der Waals surface area contributed by atoms with E-state index in [0.29, 0.717) is 18.4 Å². The standard InChI is InChI=1S/C24H24O4/c1-3-18(26)7-4-15(2)20-13-23-22(11-17(14-25)12-24(23)28)21(20)10-16-5-8-19(27)9-6-16/h3-9,11-12,25-28H,2,10,13-14H2,1H3/b7-4-,18-3+. The molecule has 0 radical (unpaired) electrons. The van der Waals surface area contributed by atoms with E-state index in [2.05, 4.69) is 6.58 Å². The van der Waals surface area contributed by atoms with E-state index in [-0.39, 0.29) is 23.9 Å². The molecule has 4 nitrogen and oxygen atoms in total. The van der Waals surface area contributed by atoms with Gasteiger partial charge in [0.2, 0.25) is 0 Å². The summed E-state index contributed by atoms with van der Waals surface area (Å²) in [7, 11) is 0. The van der Waals surface area contributed by atoms with Gasteiger partial charge in [0.1, 0.15) is 17.3 Å². The van der Waals surface area contributed by atoms with Crippen molar-refractivity contribution in [3.63, 3.8) is 0 Å². The zero-order valence-corrected chi connectivity index (χ0v) is 15.8. The van der Waals surface area contributed by atoms with Crippen LogP contribution in [0.2, 0.25) is 0 Å². The molecule has 0 aromatic heterocycles. The van der Waals surface area contributed by atoms with Crippen LogP contribution in [0, 0.1) is 0 Å². The Balaban J connectivity index is 2.07. The molecule has 0 saturated carbocycles. The largest absolute Gasteiger partial charge is 0.508 e. The highest BCUT2D eigenvalue weighted by atomic mass is 16.3. The van der Waals surface area contributed by atoms with E-state index in [1.54, 1.807) is 43.4 Å². The molecule has 28 heavy (non-hydrogen) atoms. The number of hydrogen-bond donors (Lipinski definition) is 4. The number of aromatic hydroxyl groups is 2. The number of benzene rings is 2. The molecule has 0 saturated heterocycles. The molecular formula is C24H24O4. The number of hydrogen-bond acceptors (Lipinski definition) is 4. The topological polar surface area (TPSA) is 80.9 Å². The number of rotatable bonds is 6. The van der Waals surface area contributed by atoms with E-state index >= 15 is 0 Å². The molecular weight excluding hydrogens is 352 g/mol. The summed E-state index contributed by atoms with van der Waals surface area (Å²) in [6, 6.07) is 10.5. The number of aliphatic hydroxyl groups is 2. The number of aliphatic hydroxyl groups excluding tert-OH is 2. The molecule has 0 atom stereocenters. The smallest absolute Gasteiger partial charge is 0.120 e. The fourth-order valence-corrected chi connectivity index (χ4v) is 3.42. The van der Waals surface area contributed by atoms with Crippen molar-refractivity contribution in [2.24, 2.45) is 0 Å². The quantitative estimate of drug-likeness (QED) is 0.434. The second-order valence-corrected chi connectivity index (χ2v) is 6.85. The number of allylic oxidation sites excluding steroid dienone is 6. The monoisotopic (exact) mass is 376 g/mol. The Kier molecular flexibility index (Phi) is 5.71. The SMILES string of the molecule is C=C(/C=C\C(O)=C/C)C1=C(Cc2ccc(O)cc2)c2cc(CO)cc(O)c2C1. The van der Waals surface area contributed by atoms with Crippen molar-refractivity contribution < 1.29 is 20.4 Å². The first-order chi connectivity index (χ1) is 13.4. The maximum atomic E-state index is 10.5. The van der Waals surface area contributed by atoms with Gasteiger partial charge in [0.25, 0.3) is 0 Å². The van der Waals surface area contributed by atoms with Gasteiger partial charge < -0.3 is 20.4 Å². The molecule has 0 spiro atoms. The number of fused-ring (bicyclic) bond motifs is 1. The van der Waals surface area contributed by atoms with E-state index in [4.69, 9.17) is 0 Å². The molecule has 2 aromatic carbocycles. The van der Waals surface area contributed by atoms with Gasteiger partial charge >= 0.3 is 0 Å². The van der Waals surface area contributed by atoms with Crippen LogP contribution < -0.4 is 0 Å². The van der Waals surface area contributed by atoms with Crippen LogP contribution in [0.15, 0.2) is 78.1 Å². The highest BCUT2D eigenvalue weighted by molar-refractivity contribution is 5.83. The van der Waals surface area contributed by atoms with Gasteiger partial charge in [0.15, 0.2) is 0 Å². The predicted octanol–water partition coefficient (Wildman–Crippen LogP) is 4.72. The average Bonchev–Trinajstić information content (AvgIpc) is 3.06. The van der Waals surface area contributed by atoms with E-state index < -0.39 is 0 Å². The molecule has 1 aliphatic carbocycles. The maximum absolute atomic E-state index is 10.5. The lowest BCUT2D eigenvalue weighted by Gasteiger charge is -2.11. The second kappa shape index (κ2) is 8.19. The Bertz CT molecular complexity index is 992. The third-order valence-electron chi connectivity index (χ3n) is 4.97. The lowest BCUT2D eigenvalue weighted by Crippen LogP contribution is -1.94. The van der Waals surface area contributed by atoms with Gasteiger partial charge in [0, 0.05) is 12.0 Å². The van der Waals surface area contributed by atoms with Crippen LogP contribution in [-0.4, -0.2) is 20.4 Å². The molecule has 4 heteroatoms. The van der Waals surface area contributed by atoms with Gasteiger partial charge in [0.05, 0.1) is 6.61 Å². The lowest BCUT2D eigenvalue weighted by atomic mass is 9.94. The third-order valence-corrected chi connectivity index (χ3v) is 4.97. The molecule has 4 N–H and O–H groups in total. The van der Waals surface area contributed by atoms with Crippen LogP contribution >= 0.6 is 0 Å². The summed E-state index contributed by atoms with van der Waals surface area (Å²) in [4.78, 5) is 0. The summed E-state index contributed by atoms with van der Waals surface area (Å²) in [5, 5.41) is 39.2. The summed E-state index contributed by atoms with van der Waals surface area (Å²) in [6.45, 7) is 5.74. The summed E-state index contributed by atoms with van der Waals surface area (Å²) >= 11 is 0. The van der Waals surface area contributed by atoms with Crippen molar-refractivity contribution >= 4 is 5.57 Å². The molecule has 0 amide bonds. The van der Waals surface area contributed by atoms with E-state index in [9.17, 15) is 20.4 Å². The van der Waals surface area contributed by atoms with Crippen LogP contribution in [-0.2, 0) is 19.4 Å². The lowest BCUT2D eigenvalue weighted by molar-refractivity contribution is 0.281. The Morgan fingerprint density at radius 1 is 1.07 bits per heavy atom. The molecule has 0 aliphatic heterocycles. The second-order valence-electron chi connectivity index (χ2n) is 6.85. The first-order valence-corrected chi connectivity index (χ1v) is 9.11. The molecule has 0 fully saturated rings. The zero-order valence-electron chi connectivity index (χ0n) is 15.8. The molecule has 0 unspecified atom stereocenters. The average molecular weight is 376 g/mol. The maximum Gasteiger partial charge on any atom is 0.120 e. The van der Waals surface area contributed by atoms with Gasteiger partial charge in [-0.3, -0.25) is 0 Å². The molecule has 2 aromatic rings. The van der Waals surface area contributed by atoms with Gasteiger partial charge in [-0.15, -0.1) is 0 Å². The van der Waals surface area contributed by atoms with Gasteiger partial charge in [-0.1, -0.05) is 24.8 Å². The molecule has 1 aliphatic rings. The first-order valence-electron chi connectivity index (χ1n) is 9.11. The van der Waals surface area contributed by atoms with E-state index in [0.717, 1.165) is 33.4 Å². The predicted molar refractivity (Wildman–Crippen MR) is 111 cm³/mol. The third kappa shape index (κ3) is 4.02. The van der Waals surface area contributed by atoms with E-state index in [1.807, 2.05) is 18.2 Å². The van der Waals surface area contributed by atoms with Crippen molar-refractivity contribution in [3.05, 3.63) is 100 Å². The fourth-order valence-electron chi connectivity index (χ4n) is 3.42. The van der Waals surface area contributed by atoms with Gasteiger partial charge in [-0.25, -0.2) is 0 Å². The van der Waals surface area contributed by atoms with Crippen LogP contribution in [0.5, 0.6) is 11.5 Å². The summed E-state index contributed by atoms with van der Waals surface area (Å²) < 4.78 is 0. The Hall–Kier alpha value is -3.24. The molecule has 3 rings (SSSR count). The first kappa shape index (κ1) is 19.5. The van der Waals surface area contributed by atoms with Crippen LogP contribution in [0.25, 0.3) is 5.57 Å². The molecule has 0 heterocycles. The Morgan fingerprint density at radius 3 is 2.43 bits per heavy atom. The van der Waals surface area contributed by atoms with Gasteiger partial charge in [-0.2, -0.15) is 0 Å². The van der Waals surface area contributed by atoms with E-state index in [1.165, 1.54) is 0 Å². The zero-order chi connectivity index (χ0) is 20.3. The summed E-state index contributed by atoms with van der Waals surface area (Å²) in [5.41, 5.74) is 6.12. The normalized spacial score (nSPS) is 14.0. The highest BCUT2D eigenvalue weighted by Crippen LogP contribution is 2.42. The van der Waals surface area contributed by atoms with Crippen molar-refractivity contribution in [3.8, 4) is 11.5 Å². The molecule has 144 valence electrons. The minimum atomic E-state index is -0.154. The minimum Gasteiger partial charge on any atom is -0.508 e. The van der Waals surface area contributed by atoms with Crippen molar-refractivity contribution in [1.29, 1.82) is 0 Å². The van der Waals surface area contributed by atoms with Crippen LogP contribution in [0.1, 0.15) is 29.2 Å². The Morgan fingerprint density at radius 2 is 1.79 bits per heavy atom. The molecule has 0 bridgehead atoms. The number of phenolic OH excluding ortho intramolecular Hbond substituents is 2. The van der Waals surface area contributed by atoms with Crippen molar-refractivity contribution in [2.45, 2.75) is 26.4 Å². The van der Waals surface area contributed by atoms with Crippen LogP contribution in [0.4, 0.5) is 0 Å². The summed E-state index contributed by atoms with van der Waals surface area (Å²) in [5.74, 6) is 0.523. The minimum absolute atomic E-state index is 0.154. The Labute approximate surface area is 164 Å². The van der Waals surface area contributed by atoms with Crippen LogP contribution in [0.3, 0.4) is 0 Å².